The predicted octanol–water partition coefficient (Wildman–Crippen LogP) is 2.51. The second kappa shape index (κ2) is 5.79. The van der Waals surface area contributed by atoms with Crippen LogP contribution in [0.4, 0.5) is 5.69 Å². The average Bonchev–Trinajstić information content (AvgIpc) is 3.22. The average molecular weight is 315 g/mol. The van der Waals surface area contributed by atoms with E-state index in [9.17, 15) is 9.59 Å². The highest BCUT2D eigenvalue weighted by Gasteiger charge is 2.32. The Bertz CT molecular complexity index is 764. The number of anilines is 1. The third kappa shape index (κ3) is 2.36. The summed E-state index contributed by atoms with van der Waals surface area (Å²) in [6.07, 6.45) is 2.33. The minimum Gasteiger partial charge on any atom is -0.465 e. The van der Waals surface area contributed by atoms with Gasteiger partial charge >= 0.3 is 11.9 Å². The Hall–Kier alpha value is -2.76. The topological polar surface area (TPSA) is 69.0 Å². The lowest BCUT2D eigenvalue weighted by molar-refractivity contribution is 0.0556. The van der Waals surface area contributed by atoms with Gasteiger partial charge in [0.2, 0.25) is 0 Å². The van der Waals surface area contributed by atoms with Crippen molar-refractivity contribution in [3.05, 3.63) is 41.2 Å². The number of fused-ring (bicyclic) bond motifs is 1. The van der Waals surface area contributed by atoms with Gasteiger partial charge < -0.3 is 18.8 Å². The zero-order valence-corrected chi connectivity index (χ0v) is 13.2. The molecule has 0 fully saturated rings. The Morgan fingerprint density at radius 2 is 1.96 bits per heavy atom. The Morgan fingerprint density at radius 3 is 2.57 bits per heavy atom. The summed E-state index contributed by atoms with van der Waals surface area (Å²) in [4.78, 5) is 26.4. The summed E-state index contributed by atoms with van der Waals surface area (Å²) in [5, 5.41) is 0. The lowest BCUT2D eigenvalue weighted by Gasteiger charge is -2.19. The molecule has 0 amide bonds. The highest BCUT2D eigenvalue weighted by molar-refractivity contribution is 6.09. The van der Waals surface area contributed by atoms with Gasteiger partial charge in [-0.15, -0.1) is 0 Å². The third-order valence-corrected chi connectivity index (χ3v) is 4.07. The first-order valence-corrected chi connectivity index (χ1v) is 7.20. The lowest BCUT2D eigenvalue weighted by Crippen LogP contribution is -2.20. The van der Waals surface area contributed by atoms with Gasteiger partial charge in [-0.2, -0.15) is 0 Å². The summed E-state index contributed by atoms with van der Waals surface area (Å²) < 4.78 is 15.2. The Balaban J connectivity index is 2.35. The number of rotatable bonds is 3. The monoisotopic (exact) mass is 315 g/mol. The molecule has 1 aliphatic heterocycles. The first-order valence-electron chi connectivity index (χ1n) is 7.20. The van der Waals surface area contributed by atoms with E-state index in [1.807, 2.05) is 18.0 Å². The van der Waals surface area contributed by atoms with Gasteiger partial charge in [0, 0.05) is 19.2 Å². The smallest absolute Gasteiger partial charge is 0.340 e. The van der Waals surface area contributed by atoms with Crippen LogP contribution >= 0.6 is 0 Å². The zero-order valence-electron chi connectivity index (χ0n) is 13.2. The molecular formula is C17H17NO5. The summed E-state index contributed by atoms with van der Waals surface area (Å²) in [6, 6.07) is 5.26. The van der Waals surface area contributed by atoms with Gasteiger partial charge in [0.1, 0.15) is 5.76 Å². The molecule has 0 unspecified atom stereocenters. The van der Waals surface area contributed by atoms with Crippen molar-refractivity contribution in [1.29, 1.82) is 0 Å². The fraction of sp³-hybridized carbons (Fsp3) is 0.294. The fourth-order valence-electron chi connectivity index (χ4n) is 3.01. The van der Waals surface area contributed by atoms with Crippen LogP contribution < -0.4 is 4.90 Å². The predicted molar refractivity (Wildman–Crippen MR) is 83.8 cm³/mol. The highest BCUT2D eigenvalue weighted by atomic mass is 16.5. The minimum atomic E-state index is -0.582. The summed E-state index contributed by atoms with van der Waals surface area (Å²) in [5.74, 6) is -0.485. The molecule has 6 nitrogen and oxygen atoms in total. The molecule has 3 rings (SSSR count). The van der Waals surface area contributed by atoms with Crippen molar-refractivity contribution in [2.24, 2.45) is 0 Å². The molecule has 0 atom stereocenters. The highest BCUT2D eigenvalue weighted by Crippen LogP contribution is 2.41. The van der Waals surface area contributed by atoms with Crippen LogP contribution in [0.1, 0.15) is 26.3 Å². The Kier molecular flexibility index (Phi) is 3.82. The number of carbonyl (C=O) groups is 2. The first-order chi connectivity index (χ1) is 11.1. The number of furan rings is 1. The molecule has 0 saturated heterocycles. The molecular weight excluding hydrogens is 298 g/mol. The maximum atomic E-state index is 12.3. The van der Waals surface area contributed by atoms with Crippen molar-refractivity contribution < 1.29 is 23.5 Å². The van der Waals surface area contributed by atoms with Crippen LogP contribution in [0, 0.1) is 0 Å². The van der Waals surface area contributed by atoms with Gasteiger partial charge in [0.25, 0.3) is 0 Å². The minimum absolute atomic E-state index is 0.179. The second-order valence-corrected chi connectivity index (χ2v) is 5.31. The van der Waals surface area contributed by atoms with E-state index in [1.54, 1.807) is 18.4 Å². The standard InChI is InChI=1S/C17H17NO5/c1-18-7-6-10-11(13-5-4-8-23-13)9-12(16(19)21-2)14(15(10)18)17(20)22-3/h4-5,8-9H,6-7H2,1-3H3. The number of hydrogen-bond acceptors (Lipinski definition) is 6. The van der Waals surface area contributed by atoms with Crippen molar-refractivity contribution in [2.45, 2.75) is 6.42 Å². The summed E-state index contributed by atoms with van der Waals surface area (Å²) in [5.41, 5.74) is 2.88. The molecule has 6 heteroatoms. The molecule has 1 aromatic heterocycles. The Labute approximate surface area is 133 Å². The molecule has 0 aliphatic carbocycles. The van der Waals surface area contributed by atoms with E-state index in [0.29, 0.717) is 11.4 Å². The van der Waals surface area contributed by atoms with E-state index in [1.165, 1.54) is 14.2 Å². The third-order valence-electron chi connectivity index (χ3n) is 4.07. The largest absolute Gasteiger partial charge is 0.465 e. The molecule has 2 aromatic rings. The van der Waals surface area contributed by atoms with E-state index in [2.05, 4.69) is 0 Å². The van der Waals surface area contributed by atoms with Gasteiger partial charge in [-0.25, -0.2) is 9.59 Å². The number of hydrogen-bond donors (Lipinski definition) is 0. The van der Waals surface area contributed by atoms with Gasteiger partial charge in [0.15, 0.2) is 0 Å². The number of benzene rings is 1. The molecule has 0 radical (unpaired) electrons. The van der Waals surface area contributed by atoms with Crippen LogP contribution in [0.25, 0.3) is 11.3 Å². The number of methoxy groups -OCH3 is 2. The maximum absolute atomic E-state index is 12.3. The van der Waals surface area contributed by atoms with Crippen LogP contribution in [0.3, 0.4) is 0 Å². The molecule has 1 aromatic carbocycles. The van der Waals surface area contributed by atoms with Crippen LogP contribution in [0.5, 0.6) is 0 Å². The van der Waals surface area contributed by atoms with E-state index in [0.717, 1.165) is 24.1 Å². The van der Waals surface area contributed by atoms with Crippen LogP contribution in [0.15, 0.2) is 28.9 Å². The molecule has 0 bridgehead atoms. The van der Waals surface area contributed by atoms with E-state index in [4.69, 9.17) is 13.9 Å². The molecule has 0 saturated carbocycles. The SMILES string of the molecule is COC(=O)c1cc(-c2ccco2)c2c(c1C(=O)OC)N(C)CC2. The molecule has 1 aliphatic rings. The number of likely N-dealkylation sites (N-methyl/N-ethyl adjacent to an activating group) is 1. The van der Waals surface area contributed by atoms with Crippen LogP contribution in [-0.4, -0.2) is 39.8 Å². The maximum Gasteiger partial charge on any atom is 0.340 e. The lowest BCUT2D eigenvalue weighted by atomic mass is 9.94. The number of esters is 2. The Morgan fingerprint density at radius 1 is 1.22 bits per heavy atom. The molecule has 23 heavy (non-hydrogen) atoms. The molecule has 2 heterocycles. The van der Waals surface area contributed by atoms with Crippen molar-refractivity contribution in [3.8, 4) is 11.3 Å². The fourth-order valence-corrected chi connectivity index (χ4v) is 3.01. The van der Waals surface area contributed by atoms with E-state index < -0.39 is 11.9 Å². The van der Waals surface area contributed by atoms with E-state index in [-0.39, 0.29) is 11.1 Å². The van der Waals surface area contributed by atoms with Crippen molar-refractivity contribution >= 4 is 17.6 Å². The zero-order chi connectivity index (χ0) is 16.6. The first kappa shape index (κ1) is 15.1. The van der Waals surface area contributed by atoms with Gasteiger partial charge in [-0.05, 0) is 30.2 Å². The van der Waals surface area contributed by atoms with Gasteiger partial charge in [-0.3, -0.25) is 0 Å². The normalized spacial score (nSPS) is 12.9. The summed E-state index contributed by atoms with van der Waals surface area (Å²) in [6.45, 7) is 0.748. The van der Waals surface area contributed by atoms with Crippen LogP contribution in [0.2, 0.25) is 0 Å². The molecule has 120 valence electrons. The van der Waals surface area contributed by atoms with Crippen molar-refractivity contribution in [1.82, 2.24) is 0 Å². The van der Waals surface area contributed by atoms with Gasteiger partial charge in [-0.1, -0.05) is 0 Å². The van der Waals surface area contributed by atoms with Gasteiger partial charge in [0.05, 0.1) is 37.3 Å². The molecule has 0 spiro atoms. The quantitative estimate of drug-likeness (QED) is 0.811. The number of ether oxygens (including phenoxy) is 2. The van der Waals surface area contributed by atoms with Crippen LogP contribution in [-0.2, 0) is 15.9 Å². The van der Waals surface area contributed by atoms with Crippen molar-refractivity contribution in [2.75, 3.05) is 32.7 Å². The summed E-state index contributed by atoms with van der Waals surface area (Å²) >= 11 is 0. The number of nitrogens with zero attached hydrogens (tertiary/aromatic N) is 1. The number of carbonyl (C=O) groups excluding carboxylic acids is 2. The molecule has 0 N–H and O–H groups in total. The van der Waals surface area contributed by atoms with Crippen molar-refractivity contribution in [3.63, 3.8) is 0 Å². The van der Waals surface area contributed by atoms with E-state index >= 15 is 0 Å². The summed E-state index contributed by atoms with van der Waals surface area (Å²) in [7, 11) is 4.46. The second-order valence-electron chi connectivity index (χ2n) is 5.31.